The summed E-state index contributed by atoms with van der Waals surface area (Å²) in [6, 6.07) is 18.7. The van der Waals surface area contributed by atoms with Crippen LogP contribution in [0.4, 0.5) is 0 Å². The first-order valence-corrected chi connectivity index (χ1v) is 6.58. The van der Waals surface area contributed by atoms with E-state index >= 15 is 0 Å². The van der Waals surface area contributed by atoms with Crippen LogP contribution in [0.25, 0.3) is 0 Å². The number of ether oxygens (including phenoxy) is 2. The fourth-order valence-electron chi connectivity index (χ4n) is 2.13. The molecule has 2 aromatic rings. The monoisotopic (exact) mass is 256 g/mol. The third-order valence-electron chi connectivity index (χ3n) is 3.23. The lowest BCUT2D eigenvalue weighted by molar-refractivity contribution is 0.145. The van der Waals surface area contributed by atoms with Gasteiger partial charge in [0.1, 0.15) is 12.4 Å². The van der Waals surface area contributed by atoms with Crippen molar-refractivity contribution in [3.63, 3.8) is 0 Å². The van der Waals surface area contributed by atoms with E-state index in [-0.39, 0.29) is 0 Å². The second-order valence-electron chi connectivity index (χ2n) is 4.51. The molecule has 0 aliphatic carbocycles. The highest BCUT2D eigenvalue weighted by atomic mass is 16.5. The Kier molecular flexibility index (Phi) is 4.99. The summed E-state index contributed by atoms with van der Waals surface area (Å²) in [6.45, 7) is 3.39. The maximum Gasteiger partial charge on any atom is 0.123 e. The van der Waals surface area contributed by atoms with Gasteiger partial charge in [0.2, 0.25) is 0 Å². The molecule has 0 saturated heterocycles. The molecule has 0 aromatic heterocycles. The van der Waals surface area contributed by atoms with Crippen LogP contribution < -0.4 is 4.74 Å². The van der Waals surface area contributed by atoms with Crippen molar-refractivity contribution in [2.75, 3.05) is 20.3 Å². The SMILES string of the molecule is COCCOc1ccccc1C(C)c1ccccc1. The fraction of sp³-hybridized carbons (Fsp3) is 0.294. The number of hydrogen-bond acceptors (Lipinski definition) is 2. The van der Waals surface area contributed by atoms with Crippen LogP contribution in [0.3, 0.4) is 0 Å². The Labute approximate surface area is 115 Å². The topological polar surface area (TPSA) is 18.5 Å². The zero-order valence-corrected chi connectivity index (χ0v) is 11.5. The summed E-state index contributed by atoms with van der Waals surface area (Å²) in [6.07, 6.45) is 0. The van der Waals surface area contributed by atoms with Gasteiger partial charge >= 0.3 is 0 Å². The Morgan fingerprint density at radius 2 is 1.58 bits per heavy atom. The van der Waals surface area contributed by atoms with E-state index in [1.807, 2.05) is 18.2 Å². The van der Waals surface area contributed by atoms with Crippen molar-refractivity contribution < 1.29 is 9.47 Å². The van der Waals surface area contributed by atoms with Crippen molar-refractivity contribution in [3.05, 3.63) is 65.7 Å². The minimum absolute atomic E-state index is 0.319. The number of rotatable bonds is 6. The van der Waals surface area contributed by atoms with E-state index in [0.717, 1.165) is 5.75 Å². The van der Waals surface area contributed by atoms with Crippen LogP contribution in [-0.2, 0) is 4.74 Å². The number of methoxy groups -OCH3 is 1. The second-order valence-corrected chi connectivity index (χ2v) is 4.51. The Morgan fingerprint density at radius 1 is 0.895 bits per heavy atom. The summed E-state index contributed by atoms with van der Waals surface area (Å²) in [7, 11) is 1.68. The average Bonchev–Trinajstić information content (AvgIpc) is 2.48. The van der Waals surface area contributed by atoms with Crippen LogP contribution >= 0.6 is 0 Å². The highest BCUT2D eigenvalue weighted by molar-refractivity contribution is 5.41. The first kappa shape index (κ1) is 13.6. The molecule has 19 heavy (non-hydrogen) atoms. The van der Waals surface area contributed by atoms with E-state index in [1.54, 1.807) is 7.11 Å². The Balaban J connectivity index is 2.19. The van der Waals surface area contributed by atoms with Crippen molar-refractivity contribution in [2.45, 2.75) is 12.8 Å². The molecule has 100 valence electrons. The molecule has 0 radical (unpaired) electrons. The Bertz CT molecular complexity index is 494. The zero-order chi connectivity index (χ0) is 13.5. The minimum atomic E-state index is 0.319. The second kappa shape index (κ2) is 6.95. The van der Waals surface area contributed by atoms with Gasteiger partial charge in [-0.3, -0.25) is 0 Å². The lowest BCUT2D eigenvalue weighted by atomic mass is 9.92. The fourth-order valence-corrected chi connectivity index (χ4v) is 2.13. The molecule has 0 aliphatic heterocycles. The van der Waals surface area contributed by atoms with Gasteiger partial charge in [-0.25, -0.2) is 0 Å². The molecule has 2 heteroatoms. The maximum absolute atomic E-state index is 5.80. The normalized spacial score (nSPS) is 12.1. The molecule has 1 unspecified atom stereocenters. The van der Waals surface area contributed by atoms with Crippen LogP contribution in [0, 0.1) is 0 Å². The van der Waals surface area contributed by atoms with Crippen molar-refractivity contribution >= 4 is 0 Å². The molecule has 2 rings (SSSR count). The van der Waals surface area contributed by atoms with Crippen molar-refractivity contribution in [2.24, 2.45) is 0 Å². The lowest BCUT2D eigenvalue weighted by Gasteiger charge is -2.17. The molecule has 0 heterocycles. The maximum atomic E-state index is 5.80. The summed E-state index contributed by atoms with van der Waals surface area (Å²) >= 11 is 0. The summed E-state index contributed by atoms with van der Waals surface area (Å²) in [5, 5.41) is 0. The quantitative estimate of drug-likeness (QED) is 0.731. The molecule has 0 aliphatic rings. The van der Waals surface area contributed by atoms with Gasteiger partial charge in [-0.2, -0.15) is 0 Å². The molecule has 0 N–H and O–H groups in total. The van der Waals surface area contributed by atoms with Crippen LogP contribution in [-0.4, -0.2) is 20.3 Å². The van der Waals surface area contributed by atoms with Crippen LogP contribution in [0.5, 0.6) is 5.75 Å². The largest absolute Gasteiger partial charge is 0.491 e. The third-order valence-corrected chi connectivity index (χ3v) is 3.23. The standard InChI is InChI=1S/C17H20O2/c1-14(15-8-4-3-5-9-15)16-10-6-7-11-17(16)19-13-12-18-2/h3-11,14H,12-13H2,1-2H3. The van der Waals surface area contributed by atoms with E-state index in [1.165, 1.54) is 11.1 Å². The zero-order valence-electron chi connectivity index (χ0n) is 11.5. The molecule has 0 fully saturated rings. The van der Waals surface area contributed by atoms with Gasteiger partial charge in [0.25, 0.3) is 0 Å². The molecule has 0 spiro atoms. The third kappa shape index (κ3) is 3.58. The molecule has 0 amide bonds. The van der Waals surface area contributed by atoms with Gasteiger partial charge in [-0.1, -0.05) is 55.5 Å². The Hall–Kier alpha value is -1.80. The highest BCUT2D eigenvalue weighted by Crippen LogP contribution is 2.31. The van der Waals surface area contributed by atoms with Crippen molar-refractivity contribution in [3.8, 4) is 5.75 Å². The Morgan fingerprint density at radius 3 is 2.32 bits per heavy atom. The molecule has 1 atom stereocenters. The van der Waals surface area contributed by atoms with Gasteiger partial charge in [0.05, 0.1) is 6.61 Å². The highest BCUT2D eigenvalue weighted by Gasteiger charge is 2.12. The van der Waals surface area contributed by atoms with E-state index < -0.39 is 0 Å². The average molecular weight is 256 g/mol. The van der Waals surface area contributed by atoms with Gasteiger partial charge in [0, 0.05) is 18.6 Å². The van der Waals surface area contributed by atoms with Crippen LogP contribution in [0.1, 0.15) is 24.0 Å². The molecule has 2 aromatic carbocycles. The van der Waals surface area contributed by atoms with E-state index in [0.29, 0.717) is 19.1 Å². The summed E-state index contributed by atoms with van der Waals surface area (Å²) < 4.78 is 10.8. The summed E-state index contributed by atoms with van der Waals surface area (Å²) in [4.78, 5) is 0. The lowest BCUT2D eigenvalue weighted by Crippen LogP contribution is -2.07. The van der Waals surface area contributed by atoms with Crippen LogP contribution in [0.15, 0.2) is 54.6 Å². The van der Waals surface area contributed by atoms with Crippen LogP contribution in [0.2, 0.25) is 0 Å². The molecule has 0 bridgehead atoms. The molecular weight excluding hydrogens is 236 g/mol. The first-order valence-electron chi connectivity index (χ1n) is 6.58. The van der Waals surface area contributed by atoms with Crippen molar-refractivity contribution in [1.29, 1.82) is 0 Å². The molecular formula is C17H20O2. The minimum Gasteiger partial charge on any atom is -0.491 e. The van der Waals surface area contributed by atoms with Gasteiger partial charge < -0.3 is 9.47 Å². The van der Waals surface area contributed by atoms with E-state index in [4.69, 9.17) is 9.47 Å². The van der Waals surface area contributed by atoms with Gasteiger partial charge in [-0.05, 0) is 11.6 Å². The number of hydrogen-bond donors (Lipinski definition) is 0. The van der Waals surface area contributed by atoms with Crippen molar-refractivity contribution in [1.82, 2.24) is 0 Å². The first-order chi connectivity index (χ1) is 9.33. The van der Waals surface area contributed by atoms with Gasteiger partial charge in [-0.15, -0.1) is 0 Å². The predicted octanol–water partition coefficient (Wildman–Crippen LogP) is 3.86. The predicted molar refractivity (Wildman–Crippen MR) is 77.8 cm³/mol. The molecule has 2 nitrogen and oxygen atoms in total. The van der Waals surface area contributed by atoms with E-state index in [2.05, 4.69) is 43.3 Å². The van der Waals surface area contributed by atoms with E-state index in [9.17, 15) is 0 Å². The molecule has 0 saturated carbocycles. The number of benzene rings is 2. The number of para-hydroxylation sites is 1. The smallest absolute Gasteiger partial charge is 0.123 e. The van der Waals surface area contributed by atoms with Gasteiger partial charge in [0.15, 0.2) is 0 Å². The summed E-state index contributed by atoms with van der Waals surface area (Å²) in [5.41, 5.74) is 2.51. The summed E-state index contributed by atoms with van der Waals surface area (Å²) in [5.74, 6) is 1.26.